The van der Waals surface area contributed by atoms with Crippen LogP contribution in [0.5, 0.6) is 0 Å². The quantitative estimate of drug-likeness (QED) is 0.0677. The second-order valence-electron chi connectivity index (χ2n) is 10.3. The van der Waals surface area contributed by atoms with Gasteiger partial charge in [-0.3, -0.25) is 9.59 Å². The molecule has 44 heavy (non-hydrogen) atoms. The molecule has 0 bridgehead atoms. The Balaban J connectivity index is 1.09. The van der Waals surface area contributed by atoms with Crippen LogP contribution in [0.3, 0.4) is 0 Å². The summed E-state index contributed by atoms with van der Waals surface area (Å²) in [5, 5.41) is 0. The standard InChI is InChI=1S/C32H34F4N2O4S2/c1-21-29(43-19-37(21)17-23-25(33)7-5-8-26(23)34)13-15-41-31(39)11-3-4-12-32(40)42-16-14-30-22(2)38(20-44-30)18-24-27(35)9-6-10-28(24)36/h5-10,19-20H,3-4,11-18H2,1-2H3/q+2. The molecule has 4 rings (SSSR count). The third kappa shape index (κ3) is 8.95. The summed E-state index contributed by atoms with van der Waals surface area (Å²) in [6.45, 7) is 4.26. The van der Waals surface area contributed by atoms with E-state index in [9.17, 15) is 27.2 Å². The number of esters is 2. The minimum Gasteiger partial charge on any atom is -0.465 e. The van der Waals surface area contributed by atoms with E-state index in [-0.39, 0.29) is 62.2 Å². The molecule has 0 unspecified atom stereocenters. The van der Waals surface area contributed by atoms with Crippen LogP contribution >= 0.6 is 22.7 Å². The Morgan fingerprint density at radius 1 is 0.659 bits per heavy atom. The Morgan fingerprint density at radius 3 is 1.39 bits per heavy atom. The van der Waals surface area contributed by atoms with Gasteiger partial charge in [0.25, 0.3) is 0 Å². The van der Waals surface area contributed by atoms with Crippen LogP contribution in [0, 0.1) is 37.1 Å². The molecule has 6 nitrogen and oxygen atoms in total. The van der Waals surface area contributed by atoms with E-state index in [1.807, 2.05) is 13.8 Å². The SMILES string of the molecule is Cc1c(CCOC(=O)CCCCC(=O)OCCc2sc[n+](Cc3c(F)cccc3F)c2C)sc[n+]1Cc1c(F)cccc1F. The summed E-state index contributed by atoms with van der Waals surface area (Å²) in [4.78, 5) is 26.2. The maximum Gasteiger partial charge on any atom is 0.305 e. The van der Waals surface area contributed by atoms with Crippen LogP contribution in [0.2, 0.25) is 0 Å². The number of hydrogen-bond acceptors (Lipinski definition) is 6. The molecule has 0 saturated heterocycles. The van der Waals surface area contributed by atoms with E-state index in [0.717, 1.165) is 21.1 Å². The Bertz CT molecular complexity index is 1450. The molecular weight excluding hydrogens is 616 g/mol. The molecule has 234 valence electrons. The van der Waals surface area contributed by atoms with Crippen LogP contribution in [-0.2, 0) is 45.0 Å². The van der Waals surface area contributed by atoms with E-state index in [1.165, 1.54) is 59.1 Å². The van der Waals surface area contributed by atoms with Gasteiger partial charge in [-0.05, 0) is 37.1 Å². The number of rotatable bonds is 15. The van der Waals surface area contributed by atoms with Gasteiger partial charge in [-0.25, -0.2) is 17.6 Å². The number of benzene rings is 2. The minimum absolute atomic E-state index is 0.00250. The highest BCUT2D eigenvalue weighted by Gasteiger charge is 2.21. The fraction of sp³-hybridized carbons (Fsp3) is 0.375. The van der Waals surface area contributed by atoms with E-state index < -0.39 is 23.3 Å². The summed E-state index contributed by atoms with van der Waals surface area (Å²) in [7, 11) is 0. The van der Waals surface area contributed by atoms with Gasteiger partial charge >= 0.3 is 11.9 Å². The summed E-state index contributed by atoms with van der Waals surface area (Å²) >= 11 is 2.88. The van der Waals surface area contributed by atoms with Crippen LogP contribution in [0.25, 0.3) is 0 Å². The number of unbranched alkanes of at least 4 members (excludes halogenated alkanes) is 1. The molecule has 0 aliphatic heterocycles. The van der Waals surface area contributed by atoms with Crippen molar-refractivity contribution in [3.05, 3.63) is 103 Å². The maximum absolute atomic E-state index is 14.0. The Labute approximate surface area is 261 Å². The molecule has 0 atom stereocenters. The van der Waals surface area contributed by atoms with Gasteiger partial charge in [-0.15, -0.1) is 0 Å². The number of carbonyl (C=O) groups excluding carboxylic acids is 2. The molecule has 2 aromatic heterocycles. The lowest BCUT2D eigenvalue weighted by molar-refractivity contribution is -0.690. The van der Waals surface area contributed by atoms with Crippen molar-refractivity contribution in [1.29, 1.82) is 0 Å². The molecule has 0 spiro atoms. The summed E-state index contributed by atoms with van der Waals surface area (Å²) < 4.78 is 70.2. The van der Waals surface area contributed by atoms with Gasteiger partial charge in [0.15, 0.2) is 24.5 Å². The lowest BCUT2D eigenvalue weighted by atomic mass is 10.2. The van der Waals surface area contributed by atoms with Crippen molar-refractivity contribution in [2.45, 2.75) is 65.5 Å². The van der Waals surface area contributed by atoms with E-state index in [2.05, 4.69) is 0 Å². The molecule has 2 aromatic carbocycles. The third-order valence-electron chi connectivity index (χ3n) is 7.29. The second-order valence-corrected chi connectivity index (χ2v) is 12.1. The van der Waals surface area contributed by atoms with Crippen molar-refractivity contribution in [2.24, 2.45) is 0 Å². The Morgan fingerprint density at radius 2 is 1.02 bits per heavy atom. The first-order valence-corrected chi connectivity index (χ1v) is 16.0. The zero-order chi connectivity index (χ0) is 31.6. The fourth-order valence-electron chi connectivity index (χ4n) is 4.60. The summed E-state index contributed by atoms with van der Waals surface area (Å²) in [6, 6.07) is 7.59. The van der Waals surface area contributed by atoms with Crippen molar-refractivity contribution in [1.82, 2.24) is 0 Å². The molecule has 0 aliphatic rings. The van der Waals surface area contributed by atoms with Gasteiger partial charge in [0.1, 0.15) is 23.3 Å². The average molecular weight is 651 g/mol. The topological polar surface area (TPSA) is 60.4 Å². The van der Waals surface area contributed by atoms with Gasteiger partial charge in [0.2, 0.25) is 11.0 Å². The van der Waals surface area contributed by atoms with Crippen molar-refractivity contribution in [3.63, 3.8) is 0 Å². The zero-order valence-electron chi connectivity index (χ0n) is 24.5. The summed E-state index contributed by atoms with van der Waals surface area (Å²) in [5.41, 5.74) is 5.32. The monoisotopic (exact) mass is 650 g/mol. The highest BCUT2D eigenvalue weighted by molar-refractivity contribution is 7.09. The first kappa shape index (κ1) is 33.3. The average Bonchev–Trinajstić information content (AvgIpc) is 3.51. The number of nitrogens with zero attached hydrogens (tertiary/aromatic N) is 2. The van der Waals surface area contributed by atoms with Crippen molar-refractivity contribution in [3.8, 4) is 0 Å². The molecule has 0 fully saturated rings. The molecule has 0 amide bonds. The first-order valence-electron chi connectivity index (χ1n) is 14.2. The number of halogens is 4. The number of carbonyl (C=O) groups is 2. The van der Waals surface area contributed by atoms with Crippen LogP contribution in [0.4, 0.5) is 17.6 Å². The van der Waals surface area contributed by atoms with Crippen LogP contribution in [-0.4, -0.2) is 25.2 Å². The van der Waals surface area contributed by atoms with Crippen LogP contribution in [0.1, 0.15) is 58.0 Å². The van der Waals surface area contributed by atoms with Gasteiger partial charge < -0.3 is 9.47 Å². The molecule has 0 aliphatic carbocycles. The maximum atomic E-state index is 14.0. The predicted molar refractivity (Wildman–Crippen MR) is 157 cm³/mol. The minimum atomic E-state index is -0.591. The molecule has 2 heterocycles. The van der Waals surface area contributed by atoms with E-state index in [0.29, 0.717) is 25.7 Å². The smallest absolute Gasteiger partial charge is 0.305 e. The van der Waals surface area contributed by atoms with E-state index >= 15 is 0 Å². The van der Waals surface area contributed by atoms with Gasteiger partial charge in [0, 0.05) is 39.5 Å². The summed E-state index contributed by atoms with van der Waals surface area (Å²) in [5.74, 6) is -3.07. The predicted octanol–water partition coefficient (Wildman–Crippen LogP) is 6.09. The number of thiazole rings is 2. The Kier molecular flexibility index (Phi) is 12.0. The van der Waals surface area contributed by atoms with Crippen LogP contribution < -0.4 is 9.13 Å². The molecule has 0 saturated carbocycles. The Hall–Kier alpha value is -3.64. The number of hydrogen-bond donors (Lipinski definition) is 0. The number of aromatic nitrogens is 2. The lowest BCUT2D eigenvalue weighted by Crippen LogP contribution is -2.36. The molecule has 0 N–H and O–H groups in total. The van der Waals surface area contributed by atoms with E-state index in [1.54, 1.807) is 20.2 Å². The zero-order valence-corrected chi connectivity index (χ0v) is 26.2. The van der Waals surface area contributed by atoms with E-state index in [4.69, 9.17) is 9.47 Å². The molecule has 4 aromatic rings. The molecule has 0 radical (unpaired) electrons. The molecule has 12 heteroatoms. The normalized spacial score (nSPS) is 11.1. The first-order chi connectivity index (χ1) is 21.1. The van der Waals surface area contributed by atoms with Crippen LogP contribution in [0.15, 0.2) is 47.4 Å². The van der Waals surface area contributed by atoms with Gasteiger partial charge in [-0.2, -0.15) is 9.13 Å². The fourth-order valence-corrected chi connectivity index (χ4v) is 6.55. The lowest BCUT2D eigenvalue weighted by Gasteiger charge is -2.05. The largest absolute Gasteiger partial charge is 0.465 e. The van der Waals surface area contributed by atoms with Crippen molar-refractivity contribution in [2.75, 3.05) is 13.2 Å². The van der Waals surface area contributed by atoms with Crippen molar-refractivity contribution < 1.29 is 45.8 Å². The third-order valence-corrected chi connectivity index (χ3v) is 9.58. The number of ether oxygens (including phenoxy) is 2. The highest BCUT2D eigenvalue weighted by atomic mass is 32.1. The highest BCUT2D eigenvalue weighted by Crippen LogP contribution is 2.18. The van der Waals surface area contributed by atoms with Gasteiger partial charge in [-0.1, -0.05) is 34.8 Å². The van der Waals surface area contributed by atoms with Gasteiger partial charge in [0.05, 0.1) is 34.1 Å². The molecular formula is C32H34F4N2O4S2+2. The summed E-state index contributed by atoms with van der Waals surface area (Å²) in [6.07, 6.45) is 2.31. The van der Waals surface area contributed by atoms with Crippen molar-refractivity contribution >= 4 is 34.6 Å². The second kappa shape index (κ2) is 15.9.